The van der Waals surface area contributed by atoms with Crippen molar-refractivity contribution in [3.8, 4) is 23.0 Å². The predicted molar refractivity (Wildman–Crippen MR) is 154 cm³/mol. The fraction of sp³-hybridized carbons (Fsp3) is 0.242. The van der Waals surface area contributed by atoms with Gasteiger partial charge < -0.3 is 18.9 Å². The Morgan fingerprint density at radius 3 is 2.27 bits per heavy atom. The molecule has 1 unspecified atom stereocenters. The molecule has 200 valence electrons. The molecule has 5 aromatic rings. The fourth-order valence-corrected chi connectivity index (χ4v) is 6.19. The average Bonchev–Trinajstić information content (AvgIpc) is 2.98. The van der Waals surface area contributed by atoms with Crippen molar-refractivity contribution in [3.05, 3.63) is 82.6 Å². The predicted octanol–water partition coefficient (Wildman–Crippen LogP) is 6.80. The monoisotopic (exact) mass is 532 g/mol. The number of hydrogen-bond donors (Lipinski definition) is 0. The number of carbonyl (C=O) groups is 1. The molecule has 0 spiro atoms. The first-order valence-electron chi connectivity index (χ1n) is 13.4. The maximum atomic E-state index is 13.6. The van der Waals surface area contributed by atoms with Crippen molar-refractivity contribution in [2.75, 3.05) is 21.3 Å². The van der Waals surface area contributed by atoms with E-state index >= 15 is 0 Å². The Morgan fingerprint density at radius 2 is 1.55 bits per heavy atom. The quantitative estimate of drug-likeness (QED) is 0.186. The number of aryl methyl sites for hydroxylation is 1. The molecule has 7 rings (SSSR count). The minimum atomic E-state index is -0.454. The first kappa shape index (κ1) is 24.4. The molecule has 2 aliphatic rings. The van der Waals surface area contributed by atoms with Crippen LogP contribution in [0.3, 0.4) is 0 Å². The molecule has 0 amide bonds. The van der Waals surface area contributed by atoms with Gasteiger partial charge >= 0.3 is 0 Å². The number of rotatable bonds is 4. The second-order valence-electron chi connectivity index (χ2n) is 10.3. The molecule has 1 aliphatic heterocycles. The largest absolute Gasteiger partial charge is 0.493 e. The van der Waals surface area contributed by atoms with E-state index in [0.29, 0.717) is 41.2 Å². The summed E-state index contributed by atoms with van der Waals surface area (Å²) in [6.45, 7) is 2.05. The Kier molecular flexibility index (Phi) is 5.63. The standard InChI is InChI=1S/C33H28N2O5/c1-17-12-13-21-22(14-17)35-30-19-8-5-6-9-20(19)32-29(31(30)34-21)27(28-23(36)10-7-11-24(28)40-32)18-15-25(37-2)33(39-4)26(16-18)38-3/h5-6,8-9,12-16,27H,7,10-11H2,1-4H3. The molecule has 1 aliphatic carbocycles. The van der Waals surface area contributed by atoms with Crippen molar-refractivity contribution in [1.82, 2.24) is 9.97 Å². The van der Waals surface area contributed by atoms with Gasteiger partial charge in [0, 0.05) is 40.7 Å². The SMILES string of the molecule is COc1cc(C2C3=C(CCCC3=O)Oc3c2c2nc4ccc(C)cc4nc2c2ccccc32)cc(OC)c1OC. The maximum absolute atomic E-state index is 13.6. The van der Waals surface area contributed by atoms with E-state index in [2.05, 4.69) is 18.2 Å². The van der Waals surface area contributed by atoms with Crippen LogP contribution in [0.1, 0.15) is 41.9 Å². The summed E-state index contributed by atoms with van der Waals surface area (Å²) in [5, 5.41) is 1.90. The average molecular weight is 533 g/mol. The highest BCUT2D eigenvalue weighted by molar-refractivity contribution is 6.12. The molecule has 0 N–H and O–H groups in total. The Hall–Kier alpha value is -4.65. The summed E-state index contributed by atoms with van der Waals surface area (Å²) >= 11 is 0. The topological polar surface area (TPSA) is 79.8 Å². The van der Waals surface area contributed by atoms with E-state index in [-0.39, 0.29) is 5.78 Å². The molecule has 0 radical (unpaired) electrons. The molecule has 7 heteroatoms. The molecule has 0 saturated heterocycles. The number of methoxy groups -OCH3 is 3. The lowest BCUT2D eigenvalue weighted by Gasteiger charge is -2.34. The third-order valence-electron chi connectivity index (χ3n) is 7.98. The van der Waals surface area contributed by atoms with Crippen LogP contribution in [0.15, 0.2) is 65.9 Å². The Balaban J connectivity index is 1.64. The maximum Gasteiger partial charge on any atom is 0.203 e. The summed E-state index contributed by atoms with van der Waals surface area (Å²) in [4.78, 5) is 24.0. The van der Waals surface area contributed by atoms with Gasteiger partial charge in [-0.2, -0.15) is 0 Å². The van der Waals surface area contributed by atoms with Gasteiger partial charge in [0.25, 0.3) is 0 Å². The lowest BCUT2D eigenvalue weighted by Crippen LogP contribution is -2.26. The van der Waals surface area contributed by atoms with Crippen molar-refractivity contribution < 1.29 is 23.7 Å². The Morgan fingerprint density at radius 1 is 0.825 bits per heavy atom. The first-order valence-corrected chi connectivity index (χ1v) is 13.4. The summed E-state index contributed by atoms with van der Waals surface area (Å²) < 4.78 is 23.7. The molecule has 0 bridgehead atoms. The number of fused-ring (bicyclic) bond motifs is 7. The smallest absolute Gasteiger partial charge is 0.203 e. The van der Waals surface area contributed by atoms with E-state index in [1.54, 1.807) is 21.3 Å². The Bertz CT molecular complexity index is 1880. The van der Waals surface area contributed by atoms with E-state index in [0.717, 1.165) is 61.9 Å². The number of hydrogen-bond acceptors (Lipinski definition) is 7. The van der Waals surface area contributed by atoms with Gasteiger partial charge in [-0.05, 0) is 48.7 Å². The van der Waals surface area contributed by atoms with E-state index in [9.17, 15) is 4.79 Å². The lowest BCUT2D eigenvalue weighted by atomic mass is 9.75. The van der Waals surface area contributed by atoms with Crippen LogP contribution in [0.4, 0.5) is 0 Å². The van der Waals surface area contributed by atoms with Gasteiger partial charge in [0.15, 0.2) is 17.3 Å². The summed E-state index contributed by atoms with van der Waals surface area (Å²) in [5.41, 5.74) is 6.55. The van der Waals surface area contributed by atoms with Crippen molar-refractivity contribution >= 4 is 38.6 Å². The summed E-state index contributed by atoms with van der Waals surface area (Å²) in [5.74, 6) is 2.60. The van der Waals surface area contributed by atoms with Crippen LogP contribution >= 0.6 is 0 Å². The van der Waals surface area contributed by atoms with E-state index in [1.807, 2.05) is 43.3 Å². The number of carbonyl (C=O) groups excluding carboxylic acids is 1. The third-order valence-corrected chi connectivity index (χ3v) is 7.98. The number of benzene rings is 4. The van der Waals surface area contributed by atoms with Gasteiger partial charge in [0.05, 0.1) is 43.4 Å². The van der Waals surface area contributed by atoms with Crippen molar-refractivity contribution in [3.63, 3.8) is 0 Å². The van der Waals surface area contributed by atoms with Crippen LogP contribution in [0.5, 0.6) is 23.0 Å². The lowest BCUT2D eigenvalue weighted by molar-refractivity contribution is -0.116. The van der Waals surface area contributed by atoms with Gasteiger partial charge in [0.2, 0.25) is 5.75 Å². The zero-order valence-corrected chi connectivity index (χ0v) is 22.8. The molecule has 0 saturated carbocycles. The minimum Gasteiger partial charge on any atom is -0.493 e. The molecule has 4 aromatic carbocycles. The van der Waals surface area contributed by atoms with Crippen LogP contribution in [0, 0.1) is 6.92 Å². The number of ketones is 1. The van der Waals surface area contributed by atoms with Crippen LogP contribution < -0.4 is 18.9 Å². The normalized spacial score (nSPS) is 16.6. The molecule has 40 heavy (non-hydrogen) atoms. The van der Waals surface area contributed by atoms with Gasteiger partial charge in [-0.15, -0.1) is 0 Å². The van der Waals surface area contributed by atoms with Gasteiger partial charge in [-0.25, -0.2) is 9.97 Å². The Labute approximate surface area is 231 Å². The highest BCUT2D eigenvalue weighted by Crippen LogP contribution is 2.53. The van der Waals surface area contributed by atoms with Crippen LogP contribution in [-0.4, -0.2) is 37.1 Å². The molecule has 0 fully saturated rings. The van der Waals surface area contributed by atoms with Gasteiger partial charge in [-0.3, -0.25) is 4.79 Å². The molecule has 1 aromatic heterocycles. The number of allylic oxidation sites excluding steroid dienone is 2. The number of ether oxygens (including phenoxy) is 4. The van der Waals surface area contributed by atoms with Crippen molar-refractivity contribution in [1.29, 1.82) is 0 Å². The van der Waals surface area contributed by atoms with Crippen molar-refractivity contribution in [2.45, 2.75) is 32.1 Å². The molecule has 7 nitrogen and oxygen atoms in total. The zero-order valence-electron chi connectivity index (χ0n) is 22.8. The first-order chi connectivity index (χ1) is 19.5. The second-order valence-corrected chi connectivity index (χ2v) is 10.3. The van der Waals surface area contributed by atoms with Crippen LogP contribution in [-0.2, 0) is 4.79 Å². The minimum absolute atomic E-state index is 0.0799. The second kappa shape index (κ2) is 9.23. The van der Waals surface area contributed by atoms with Crippen LogP contribution in [0.2, 0.25) is 0 Å². The molecule has 1 atom stereocenters. The van der Waals surface area contributed by atoms with E-state index < -0.39 is 5.92 Å². The van der Waals surface area contributed by atoms with Gasteiger partial charge in [-0.1, -0.05) is 30.3 Å². The van der Waals surface area contributed by atoms with Gasteiger partial charge in [0.1, 0.15) is 11.5 Å². The van der Waals surface area contributed by atoms with E-state index in [1.165, 1.54) is 0 Å². The molecular weight excluding hydrogens is 504 g/mol. The highest BCUT2D eigenvalue weighted by atomic mass is 16.5. The molecular formula is C33H28N2O5. The zero-order chi connectivity index (χ0) is 27.5. The van der Waals surface area contributed by atoms with Crippen molar-refractivity contribution in [2.24, 2.45) is 0 Å². The van der Waals surface area contributed by atoms with E-state index in [4.69, 9.17) is 28.9 Å². The summed E-state index contributed by atoms with van der Waals surface area (Å²) in [6, 6.07) is 18.0. The number of aromatic nitrogens is 2. The summed E-state index contributed by atoms with van der Waals surface area (Å²) in [7, 11) is 4.77. The fourth-order valence-electron chi connectivity index (χ4n) is 6.19. The summed E-state index contributed by atoms with van der Waals surface area (Å²) in [6.07, 6.45) is 1.92. The molecule has 2 heterocycles. The highest BCUT2D eigenvalue weighted by Gasteiger charge is 2.40. The third kappa shape index (κ3) is 3.54. The number of nitrogens with zero attached hydrogens (tertiary/aromatic N) is 2. The number of Topliss-reactive ketones (excluding diaryl/α,β-unsaturated/α-hetero) is 1. The van der Waals surface area contributed by atoms with Crippen LogP contribution in [0.25, 0.3) is 32.8 Å².